The first kappa shape index (κ1) is 17.6. The number of likely N-dealkylation sites (N-methyl/N-ethyl adjacent to an activating group) is 1. The molecule has 1 atom stereocenters. The number of carbonyl (C=O) groups excluding carboxylic acids is 2. The lowest BCUT2D eigenvalue weighted by Gasteiger charge is -2.39. The number of carbonyl (C=O) groups is 2. The van der Waals surface area contributed by atoms with Crippen LogP contribution in [0.1, 0.15) is 47.2 Å². The molecule has 0 spiro atoms. The molecule has 1 saturated heterocycles. The molecule has 2 aliphatic rings. The van der Waals surface area contributed by atoms with Crippen molar-refractivity contribution in [3.63, 3.8) is 0 Å². The van der Waals surface area contributed by atoms with E-state index in [1.807, 2.05) is 42.2 Å². The van der Waals surface area contributed by atoms with E-state index in [1.54, 1.807) is 11.9 Å². The first-order valence-electron chi connectivity index (χ1n) is 9.38. The topological polar surface area (TPSA) is 66.4 Å². The number of nitrogens with zero attached hydrogens (tertiary/aromatic N) is 4. The maximum Gasteiger partial charge on any atom is 0.253 e. The van der Waals surface area contributed by atoms with Gasteiger partial charge in [0.25, 0.3) is 5.91 Å². The first-order chi connectivity index (χ1) is 12.9. The van der Waals surface area contributed by atoms with E-state index in [-0.39, 0.29) is 17.2 Å². The van der Waals surface area contributed by atoms with Crippen LogP contribution in [-0.4, -0.2) is 46.8 Å². The molecule has 1 aromatic carbocycles. The van der Waals surface area contributed by atoms with Crippen LogP contribution in [0, 0.1) is 6.92 Å². The normalized spacial score (nSPS) is 22.1. The Kier molecular flexibility index (Phi) is 4.21. The third-order valence-electron chi connectivity index (χ3n) is 5.76. The second-order valence-corrected chi connectivity index (χ2v) is 7.82. The van der Waals surface area contributed by atoms with E-state index in [0.717, 1.165) is 42.3 Å². The van der Waals surface area contributed by atoms with Gasteiger partial charge in [-0.1, -0.05) is 25.1 Å². The van der Waals surface area contributed by atoms with Crippen molar-refractivity contribution in [1.82, 2.24) is 14.9 Å². The van der Waals surface area contributed by atoms with Crippen molar-refractivity contribution in [1.29, 1.82) is 0 Å². The van der Waals surface area contributed by atoms with Gasteiger partial charge < -0.3 is 4.90 Å². The second kappa shape index (κ2) is 6.44. The van der Waals surface area contributed by atoms with Gasteiger partial charge >= 0.3 is 0 Å². The van der Waals surface area contributed by atoms with Crippen molar-refractivity contribution in [2.45, 2.75) is 38.5 Å². The molecule has 2 amide bonds. The zero-order chi connectivity index (χ0) is 19.2. The average molecular weight is 364 g/mol. The van der Waals surface area contributed by atoms with Gasteiger partial charge in [-0.25, -0.2) is 9.97 Å². The molecule has 0 radical (unpaired) electrons. The standard InChI is InChI=1S/C21H24N4O2/c1-14-16-12-17(26)24(3)18(16)23-20(22-14)21(2)10-7-11-25(13-21)19(27)15-8-5-4-6-9-15/h4-6,8-9H,7,10-13H2,1-3H3/t21-/m1/s1. The quantitative estimate of drug-likeness (QED) is 0.821. The fourth-order valence-corrected chi connectivity index (χ4v) is 4.08. The van der Waals surface area contributed by atoms with E-state index >= 15 is 0 Å². The largest absolute Gasteiger partial charge is 0.338 e. The Labute approximate surface area is 159 Å². The van der Waals surface area contributed by atoms with Gasteiger partial charge in [-0.05, 0) is 31.9 Å². The number of anilines is 1. The molecule has 1 aromatic heterocycles. The molecule has 0 unspecified atom stereocenters. The first-order valence-corrected chi connectivity index (χ1v) is 9.38. The minimum atomic E-state index is -0.324. The summed E-state index contributed by atoms with van der Waals surface area (Å²) in [4.78, 5) is 38.0. The SMILES string of the molecule is Cc1nc([C@]2(C)CCCN(C(=O)c3ccccc3)C2)nc2c1CC(=O)N2C. The van der Waals surface area contributed by atoms with Crippen LogP contribution in [0.2, 0.25) is 0 Å². The predicted molar refractivity (Wildman–Crippen MR) is 103 cm³/mol. The molecule has 140 valence electrons. The van der Waals surface area contributed by atoms with Crippen molar-refractivity contribution < 1.29 is 9.59 Å². The molecule has 2 aliphatic heterocycles. The Morgan fingerprint density at radius 1 is 1.19 bits per heavy atom. The van der Waals surface area contributed by atoms with Crippen molar-refractivity contribution >= 4 is 17.6 Å². The Balaban J connectivity index is 1.65. The molecular formula is C21H24N4O2. The third kappa shape index (κ3) is 2.99. The van der Waals surface area contributed by atoms with Crippen LogP contribution >= 0.6 is 0 Å². The van der Waals surface area contributed by atoms with Gasteiger partial charge in [-0.15, -0.1) is 0 Å². The van der Waals surface area contributed by atoms with Crippen molar-refractivity contribution in [3.05, 3.63) is 53.0 Å². The summed E-state index contributed by atoms with van der Waals surface area (Å²) < 4.78 is 0. The highest BCUT2D eigenvalue weighted by atomic mass is 16.2. The van der Waals surface area contributed by atoms with Crippen LogP contribution in [-0.2, 0) is 16.6 Å². The van der Waals surface area contributed by atoms with Crippen molar-refractivity contribution in [2.24, 2.45) is 0 Å². The summed E-state index contributed by atoms with van der Waals surface area (Å²) in [5.74, 6) is 1.54. The number of aryl methyl sites for hydroxylation is 1. The molecule has 27 heavy (non-hydrogen) atoms. The molecule has 4 rings (SSSR count). The van der Waals surface area contributed by atoms with E-state index in [4.69, 9.17) is 9.97 Å². The molecule has 6 nitrogen and oxygen atoms in total. The number of fused-ring (bicyclic) bond motifs is 1. The minimum absolute atomic E-state index is 0.0479. The van der Waals surface area contributed by atoms with Gasteiger partial charge in [0.05, 0.1) is 6.42 Å². The number of rotatable bonds is 2. The van der Waals surface area contributed by atoms with Crippen LogP contribution < -0.4 is 4.90 Å². The van der Waals surface area contributed by atoms with E-state index < -0.39 is 0 Å². The summed E-state index contributed by atoms with van der Waals surface area (Å²) in [6.07, 6.45) is 2.19. The highest BCUT2D eigenvalue weighted by Gasteiger charge is 2.39. The van der Waals surface area contributed by atoms with E-state index in [1.165, 1.54) is 0 Å². The number of hydrogen-bond donors (Lipinski definition) is 0. The summed E-state index contributed by atoms with van der Waals surface area (Å²) in [5.41, 5.74) is 2.16. The van der Waals surface area contributed by atoms with Gasteiger partial charge in [-0.2, -0.15) is 0 Å². The van der Waals surface area contributed by atoms with Gasteiger partial charge in [0.2, 0.25) is 5.91 Å². The minimum Gasteiger partial charge on any atom is -0.338 e. The smallest absolute Gasteiger partial charge is 0.253 e. The zero-order valence-corrected chi connectivity index (χ0v) is 16.0. The molecule has 1 fully saturated rings. The maximum absolute atomic E-state index is 12.9. The number of likely N-dealkylation sites (tertiary alicyclic amines) is 1. The number of aromatic nitrogens is 2. The fraction of sp³-hybridized carbons (Fsp3) is 0.429. The molecule has 2 aromatic rings. The van der Waals surface area contributed by atoms with Crippen LogP contribution in [0.4, 0.5) is 5.82 Å². The van der Waals surface area contributed by atoms with Crippen LogP contribution in [0.15, 0.2) is 30.3 Å². The van der Waals surface area contributed by atoms with Gasteiger partial charge in [0, 0.05) is 42.4 Å². The van der Waals surface area contributed by atoms with E-state index in [9.17, 15) is 9.59 Å². The third-order valence-corrected chi connectivity index (χ3v) is 5.76. The van der Waals surface area contributed by atoms with Crippen molar-refractivity contribution in [2.75, 3.05) is 25.0 Å². The van der Waals surface area contributed by atoms with Gasteiger partial charge in [-0.3, -0.25) is 14.5 Å². The lowest BCUT2D eigenvalue weighted by atomic mass is 9.80. The molecule has 0 aliphatic carbocycles. The summed E-state index contributed by atoms with van der Waals surface area (Å²) in [6.45, 7) is 5.38. The molecule has 0 N–H and O–H groups in total. The van der Waals surface area contributed by atoms with Crippen LogP contribution in [0.25, 0.3) is 0 Å². The monoisotopic (exact) mass is 364 g/mol. The van der Waals surface area contributed by atoms with Crippen LogP contribution in [0.3, 0.4) is 0 Å². The van der Waals surface area contributed by atoms with E-state index in [2.05, 4.69) is 6.92 Å². The molecule has 0 saturated carbocycles. The molecule has 3 heterocycles. The Morgan fingerprint density at radius 2 is 1.93 bits per heavy atom. The fourth-order valence-electron chi connectivity index (χ4n) is 4.08. The van der Waals surface area contributed by atoms with Crippen LogP contribution in [0.5, 0.6) is 0 Å². The highest BCUT2D eigenvalue weighted by Crippen LogP contribution is 2.36. The number of benzene rings is 1. The Bertz CT molecular complexity index is 912. The predicted octanol–water partition coefficient (Wildman–Crippen LogP) is 2.50. The average Bonchev–Trinajstić information content (AvgIpc) is 2.97. The summed E-state index contributed by atoms with van der Waals surface area (Å²) in [7, 11) is 1.76. The summed E-state index contributed by atoms with van der Waals surface area (Å²) >= 11 is 0. The second-order valence-electron chi connectivity index (χ2n) is 7.82. The van der Waals surface area contributed by atoms with Crippen molar-refractivity contribution in [3.8, 4) is 0 Å². The van der Waals surface area contributed by atoms with Gasteiger partial charge in [0.15, 0.2) is 0 Å². The van der Waals surface area contributed by atoms with Gasteiger partial charge in [0.1, 0.15) is 11.6 Å². The molecular weight excluding hydrogens is 340 g/mol. The van der Waals surface area contributed by atoms with E-state index in [0.29, 0.717) is 18.5 Å². The summed E-state index contributed by atoms with van der Waals surface area (Å²) in [6, 6.07) is 9.39. The Morgan fingerprint density at radius 3 is 2.67 bits per heavy atom. The number of hydrogen-bond acceptors (Lipinski definition) is 4. The summed E-state index contributed by atoms with van der Waals surface area (Å²) in [5, 5.41) is 0. The lowest BCUT2D eigenvalue weighted by molar-refractivity contribution is -0.117. The highest BCUT2D eigenvalue weighted by molar-refractivity contribution is 6.00. The number of piperidine rings is 1. The number of amides is 2. The molecule has 6 heteroatoms. The zero-order valence-electron chi connectivity index (χ0n) is 16.0. The lowest BCUT2D eigenvalue weighted by Crippen LogP contribution is -2.48. The Hall–Kier alpha value is -2.76. The maximum atomic E-state index is 12.9. The molecule has 0 bridgehead atoms.